The highest BCUT2D eigenvalue weighted by molar-refractivity contribution is 5.68. The third kappa shape index (κ3) is 3.06. The van der Waals surface area contributed by atoms with Gasteiger partial charge >= 0.3 is 5.97 Å². The highest BCUT2D eigenvalue weighted by Gasteiger charge is 2.10. The lowest BCUT2D eigenvalue weighted by Crippen LogP contribution is -2.12. The largest absolute Gasteiger partial charge is 0.479 e. The van der Waals surface area contributed by atoms with E-state index in [-0.39, 0.29) is 5.88 Å². The summed E-state index contributed by atoms with van der Waals surface area (Å²) in [5.41, 5.74) is 2.43. The van der Waals surface area contributed by atoms with Crippen molar-refractivity contribution >= 4 is 5.97 Å². The van der Waals surface area contributed by atoms with Crippen LogP contribution < -0.4 is 4.74 Å². The minimum atomic E-state index is -1.05. The van der Waals surface area contributed by atoms with Crippen LogP contribution in [0.15, 0.2) is 12.1 Å². The molecule has 7 heteroatoms. The van der Waals surface area contributed by atoms with Gasteiger partial charge < -0.3 is 9.84 Å². The zero-order valence-electron chi connectivity index (χ0n) is 10.9. The van der Waals surface area contributed by atoms with Gasteiger partial charge in [-0.2, -0.15) is 10.1 Å². The van der Waals surface area contributed by atoms with Gasteiger partial charge in [-0.05, 0) is 26.8 Å². The van der Waals surface area contributed by atoms with E-state index in [0.29, 0.717) is 11.6 Å². The molecule has 2 rings (SSSR count). The van der Waals surface area contributed by atoms with Gasteiger partial charge in [0.25, 0.3) is 5.95 Å². The molecule has 0 unspecified atom stereocenters. The quantitative estimate of drug-likeness (QED) is 0.885. The Balaban J connectivity index is 2.36. The number of nitrogens with zero attached hydrogens (tertiary/aromatic N) is 4. The number of aliphatic carboxylic acids is 1. The van der Waals surface area contributed by atoms with Gasteiger partial charge in [0.2, 0.25) is 5.88 Å². The first-order valence-electron chi connectivity index (χ1n) is 5.69. The van der Waals surface area contributed by atoms with E-state index in [9.17, 15) is 4.79 Å². The van der Waals surface area contributed by atoms with Gasteiger partial charge in [0.15, 0.2) is 6.61 Å². The third-order valence-electron chi connectivity index (χ3n) is 2.36. The molecule has 100 valence electrons. The van der Waals surface area contributed by atoms with Crippen molar-refractivity contribution in [1.82, 2.24) is 19.7 Å². The van der Waals surface area contributed by atoms with Crippen molar-refractivity contribution in [2.45, 2.75) is 20.8 Å². The molecule has 0 saturated carbocycles. The van der Waals surface area contributed by atoms with Crippen molar-refractivity contribution in [2.24, 2.45) is 0 Å². The van der Waals surface area contributed by atoms with Crippen molar-refractivity contribution in [2.75, 3.05) is 6.61 Å². The average molecular weight is 262 g/mol. The number of hydrogen-bond donors (Lipinski definition) is 1. The Kier molecular flexibility index (Phi) is 3.46. The fourth-order valence-corrected chi connectivity index (χ4v) is 1.66. The highest BCUT2D eigenvalue weighted by Crippen LogP contribution is 2.13. The number of carbonyl (C=O) groups is 1. The third-order valence-corrected chi connectivity index (χ3v) is 2.36. The van der Waals surface area contributed by atoms with Crippen LogP contribution in [-0.4, -0.2) is 37.4 Å². The van der Waals surface area contributed by atoms with Crippen LogP contribution in [0.1, 0.15) is 17.1 Å². The maximum Gasteiger partial charge on any atom is 0.341 e. The second kappa shape index (κ2) is 5.05. The van der Waals surface area contributed by atoms with Crippen molar-refractivity contribution in [3.8, 4) is 11.8 Å². The zero-order valence-corrected chi connectivity index (χ0v) is 10.9. The van der Waals surface area contributed by atoms with E-state index >= 15 is 0 Å². The second-order valence-corrected chi connectivity index (χ2v) is 4.17. The number of hydrogen-bond acceptors (Lipinski definition) is 5. The summed E-state index contributed by atoms with van der Waals surface area (Å²) in [7, 11) is 0. The maximum absolute atomic E-state index is 10.5. The second-order valence-electron chi connectivity index (χ2n) is 4.17. The van der Waals surface area contributed by atoms with E-state index < -0.39 is 12.6 Å². The Labute approximate surface area is 109 Å². The normalized spacial score (nSPS) is 10.5. The smallest absolute Gasteiger partial charge is 0.341 e. The van der Waals surface area contributed by atoms with Gasteiger partial charge in [-0.25, -0.2) is 14.5 Å². The van der Waals surface area contributed by atoms with E-state index in [1.165, 1.54) is 0 Å². The SMILES string of the molecule is Cc1cc(OCC(=O)O)nc(-n2nc(C)cc2C)n1. The summed E-state index contributed by atoms with van der Waals surface area (Å²) in [6, 6.07) is 3.49. The first kappa shape index (κ1) is 13.0. The molecule has 2 aromatic rings. The maximum atomic E-state index is 10.5. The van der Waals surface area contributed by atoms with Gasteiger partial charge in [-0.1, -0.05) is 0 Å². The Bertz CT molecular complexity index is 621. The van der Waals surface area contributed by atoms with Crippen LogP contribution in [0.25, 0.3) is 5.95 Å². The molecule has 0 atom stereocenters. The summed E-state index contributed by atoms with van der Waals surface area (Å²) in [6.45, 7) is 5.11. The summed E-state index contributed by atoms with van der Waals surface area (Å²) in [4.78, 5) is 18.9. The van der Waals surface area contributed by atoms with Crippen LogP contribution >= 0.6 is 0 Å². The summed E-state index contributed by atoms with van der Waals surface area (Å²) in [6.07, 6.45) is 0. The molecule has 19 heavy (non-hydrogen) atoms. The Hall–Kier alpha value is -2.44. The van der Waals surface area contributed by atoms with E-state index in [0.717, 1.165) is 11.4 Å². The Morgan fingerprint density at radius 2 is 2.00 bits per heavy atom. The molecule has 0 aliphatic heterocycles. The number of carboxylic acid groups (broad SMARTS) is 1. The molecule has 0 saturated heterocycles. The topological polar surface area (TPSA) is 90.1 Å². The molecule has 0 aliphatic carbocycles. The van der Waals surface area contributed by atoms with Crippen LogP contribution in [0.3, 0.4) is 0 Å². The van der Waals surface area contributed by atoms with Crippen molar-refractivity contribution in [3.63, 3.8) is 0 Å². The molecular weight excluding hydrogens is 248 g/mol. The summed E-state index contributed by atoms with van der Waals surface area (Å²) >= 11 is 0. The monoisotopic (exact) mass is 262 g/mol. The van der Waals surface area contributed by atoms with Gasteiger partial charge in [-0.15, -0.1) is 0 Å². The number of carboxylic acids is 1. The molecule has 2 heterocycles. The number of aromatic nitrogens is 4. The van der Waals surface area contributed by atoms with Crippen LogP contribution in [0.2, 0.25) is 0 Å². The predicted octanol–water partition coefficient (Wildman–Crippen LogP) is 1.05. The molecule has 0 aliphatic rings. The minimum Gasteiger partial charge on any atom is -0.479 e. The fraction of sp³-hybridized carbons (Fsp3) is 0.333. The number of aryl methyl sites for hydroxylation is 3. The molecule has 1 N–H and O–H groups in total. The van der Waals surface area contributed by atoms with Crippen LogP contribution in [-0.2, 0) is 4.79 Å². The predicted molar refractivity (Wildman–Crippen MR) is 66.5 cm³/mol. The Morgan fingerprint density at radius 1 is 1.26 bits per heavy atom. The summed E-state index contributed by atoms with van der Waals surface area (Å²) < 4.78 is 6.66. The first-order chi connectivity index (χ1) is 8.95. The molecule has 0 bridgehead atoms. The molecule has 7 nitrogen and oxygen atoms in total. The lowest BCUT2D eigenvalue weighted by Gasteiger charge is -2.07. The average Bonchev–Trinajstić information content (AvgIpc) is 2.65. The molecule has 0 spiro atoms. The number of ether oxygens (including phenoxy) is 1. The zero-order chi connectivity index (χ0) is 14.0. The van der Waals surface area contributed by atoms with Crippen LogP contribution in [0.4, 0.5) is 0 Å². The molecule has 0 aromatic carbocycles. The van der Waals surface area contributed by atoms with Crippen molar-refractivity contribution < 1.29 is 14.6 Å². The number of rotatable bonds is 4. The molecule has 0 radical (unpaired) electrons. The fourth-order valence-electron chi connectivity index (χ4n) is 1.66. The van der Waals surface area contributed by atoms with E-state index in [4.69, 9.17) is 9.84 Å². The standard InChI is InChI=1S/C12H14N4O3/c1-7-5-10(19-6-11(17)18)14-12(13-7)16-9(3)4-8(2)15-16/h4-5H,6H2,1-3H3,(H,17,18). The van der Waals surface area contributed by atoms with Crippen molar-refractivity contribution in [3.05, 3.63) is 29.2 Å². The molecule has 2 aromatic heterocycles. The van der Waals surface area contributed by atoms with E-state index in [2.05, 4.69) is 15.1 Å². The van der Waals surface area contributed by atoms with Crippen molar-refractivity contribution in [1.29, 1.82) is 0 Å². The van der Waals surface area contributed by atoms with Gasteiger partial charge in [0.05, 0.1) is 5.69 Å². The van der Waals surface area contributed by atoms with E-state index in [1.54, 1.807) is 17.7 Å². The highest BCUT2D eigenvalue weighted by atomic mass is 16.5. The first-order valence-corrected chi connectivity index (χ1v) is 5.69. The van der Waals surface area contributed by atoms with E-state index in [1.807, 2.05) is 19.9 Å². The van der Waals surface area contributed by atoms with Crippen LogP contribution in [0, 0.1) is 20.8 Å². The Morgan fingerprint density at radius 3 is 2.58 bits per heavy atom. The lowest BCUT2D eigenvalue weighted by atomic mass is 10.4. The minimum absolute atomic E-state index is 0.220. The summed E-state index contributed by atoms with van der Waals surface area (Å²) in [5.74, 6) is -0.465. The van der Waals surface area contributed by atoms with Gasteiger partial charge in [0.1, 0.15) is 0 Å². The molecule has 0 amide bonds. The van der Waals surface area contributed by atoms with Gasteiger partial charge in [-0.3, -0.25) is 0 Å². The molecular formula is C12H14N4O3. The lowest BCUT2D eigenvalue weighted by molar-refractivity contribution is -0.139. The summed E-state index contributed by atoms with van der Waals surface area (Å²) in [5, 5.41) is 12.9. The van der Waals surface area contributed by atoms with Gasteiger partial charge in [0, 0.05) is 17.5 Å². The van der Waals surface area contributed by atoms with Crippen LogP contribution in [0.5, 0.6) is 5.88 Å². The molecule has 0 fully saturated rings.